The van der Waals surface area contributed by atoms with Gasteiger partial charge in [0.15, 0.2) is 17.9 Å². The molecule has 1 aromatic rings. The Morgan fingerprint density at radius 1 is 1.32 bits per heavy atom. The second kappa shape index (κ2) is 5.91. The Kier molecular flexibility index (Phi) is 4.27. The standard InChI is InChI=1S/C16H19ClO5/c1-9(18)12-13(14-15(20-12)22-16(2,3)21-14)19-8-10-6-4-5-7-11(10)17/h4-7,12-15H,8H2,1-3H3/t12-,13+,14-,15-/m1/s1. The Morgan fingerprint density at radius 2 is 2.05 bits per heavy atom. The maximum Gasteiger partial charge on any atom is 0.190 e. The molecule has 5 nitrogen and oxygen atoms in total. The quantitative estimate of drug-likeness (QED) is 0.851. The second-order valence-electron chi connectivity index (χ2n) is 6.00. The lowest BCUT2D eigenvalue weighted by molar-refractivity contribution is -0.218. The van der Waals surface area contributed by atoms with Crippen molar-refractivity contribution in [1.82, 2.24) is 0 Å². The van der Waals surface area contributed by atoms with Crippen molar-refractivity contribution >= 4 is 17.4 Å². The maximum absolute atomic E-state index is 11.8. The molecule has 6 heteroatoms. The smallest absolute Gasteiger partial charge is 0.190 e. The van der Waals surface area contributed by atoms with E-state index in [-0.39, 0.29) is 12.4 Å². The molecule has 1 aromatic carbocycles. The van der Waals surface area contributed by atoms with Crippen LogP contribution in [0, 0.1) is 0 Å². The number of carbonyl (C=O) groups excluding carboxylic acids is 1. The van der Waals surface area contributed by atoms with Crippen molar-refractivity contribution < 1.29 is 23.7 Å². The van der Waals surface area contributed by atoms with E-state index in [1.54, 1.807) is 6.07 Å². The van der Waals surface area contributed by atoms with Crippen molar-refractivity contribution in [3.8, 4) is 0 Å². The lowest BCUT2D eigenvalue weighted by Crippen LogP contribution is -2.39. The molecule has 22 heavy (non-hydrogen) atoms. The van der Waals surface area contributed by atoms with Gasteiger partial charge in [-0.2, -0.15) is 0 Å². The summed E-state index contributed by atoms with van der Waals surface area (Å²) in [5.74, 6) is -0.855. The zero-order valence-electron chi connectivity index (χ0n) is 12.7. The second-order valence-corrected chi connectivity index (χ2v) is 6.41. The molecule has 0 bridgehead atoms. The van der Waals surface area contributed by atoms with Gasteiger partial charge < -0.3 is 18.9 Å². The number of fused-ring (bicyclic) bond motifs is 1. The van der Waals surface area contributed by atoms with Gasteiger partial charge in [-0.05, 0) is 32.4 Å². The lowest BCUT2D eigenvalue weighted by Gasteiger charge is -2.24. The summed E-state index contributed by atoms with van der Waals surface area (Å²) in [5.41, 5.74) is 0.855. The molecule has 3 rings (SSSR count). The van der Waals surface area contributed by atoms with Crippen LogP contribution in [0.5, 0.6) is 0 Å². The first kappa shape index (κ1) is 15.9. The van der Waals surface area contributed by atoms with Crippen molar-refractivity contribution in [3.63, 3.8) is 0 Å². The summed E-state index contributed by atoms with van der Waals surface area (Å²) < 4.78 is 23.1. The molecule has 2 aliphatic heterocycles. The van der Waals surface area contributed by atoms with E-state index >= 15 is 0 Å². The Balaban J connectivity index is 1.74. The number of benzene rings is 1. The molecular formula is C16H19ClO5. The summed E-state index contributed by atoms with van der Waals surface area (Å²) in [6, 6.07) is 7.43. The highest BCUT2D eigenvalue weighted by atomic mass is 35.5. The minimum atomic E-state index is -0.747. The first-order valence-corrected chi connectivity index (χ1v) is 7.62. The van der Waals surface area contributed by atoms with Gasteiger partial charge in [-0.15, -0.1) is 0 Å². The third-order valence-corrected chi connectivity index (χ3v) is 4.15. The lowest BCUT2D eigenvalue weighted by atomic mass is 10.1. The van der Waals surface area contributed by atoms with E-state index in [2.05, 4.69) is 0 Å². The first-order valence-electron chi connectivity index (χ1n) is 7.24. The van der Waals surface area contributed by atoms with Crippen molar-refractivity contribution in [1.29, 1.82) is 0 Å². The summed E-state index contributed by atoms with van der Waals surface area (Å²) in [5, 5.41) is 0.626. The minimum Gasteiger partial charge on any atom is -0.367 e. The SMILES string of the molecule is CC(=O)[C@H]1O[C@@H]2OC(C)(C)O[C@@H]2[C@H]1OCc1ccccc1Cl. The molecule has 0 aliphatic carbocycles. The van der Waals surface area contributed by atoms with Crippen LogP contribution in [0.25, 0.3) is 0 Å². The van der Waals surface area contributed by atoms with E-state index in [0.717, 1.165) is 5.56 Å². The molecule has 0 N–H and O–H groups in total. The fraction of sp³-hybridized carbons (Fsp3) is 0.562. The summed E-state index contributed by atoms with van der Waals surface area (Å²) in [6.45, 7) is 5.37. The number of ketones is 1. The summed E-state index contributed by atoms with van der Waals surface area (Å²) in [6.07, 6.45) is -2.21. The van der Waals surface area contributed by atoms with E-state index < -0.39 is 30.4 Å². The highest BCUT2D eigenvalue weighted by molar-refractivity contribution is 6.31. The van der Waals surface area contributed by atoms with E-state index in [1.165, 1.54) is 6.92 Å². The summed E-state index contributed by atoms with van der Waals surface area (Å²) in [4.78, 5) is 11.8. The van der Waals surface area contributed by atoms with Crippen molar-refractivity contribution in [2.45, 2.75) is 57.8 Å². The number of ether oxygens (including phenoxy) is 4. The highest BCUT2D eigenvalue weighted by Gasteiger charge is 2.56. The molecule has 0 saturated carbocycles. The normalized spacial score (nSPS) is 32.9. The molecule has 120 valence electrons. The monoisotopic (exact) mass is 326 g/mol. The van der Waals surface area contributed by atoms with Gasteiger partial charge in [0.25, 0.3) is 0 Å². The van der Waals surface area contributed by atoms with Gasteiger partial charge >= 0.3 is 0 Å². The largest absolute Gasteiger partial charge is 0.367 e. The number of halogens is 1. The molecule has 0 radical (unpaired) electrons. The van der Waals surface area contributed by atoms with Crippen LogP contribution in [0.4, 0.5) is 0 Å². The van der Waals surface area contributed by atoms with E-state index in [9.17, 15) is 4.79 Å². The van der Waals surface area contributed by atoms with Crippen LogP contribution in [0.2, 0.25) is 5.02 Å². The Morgan fingerprint density at radius 3 is 2.73 bits per heavy atom. The van der Waals surface area contributed by atoms with E-state index in [0.29, 0.717) is 5.02 Å². The van der Waals surface area contributed by atoms with Gasteiger partial charge in [0.1, 0.15) is 18.3 Å². The third kappa shape index (κ3) is 3.05. The van der Waals surface area contributed by atoms with Gasteiger partial charge in [0, 0.05) is 5.02 Å². The predicted molar refractivity (Wildman–Crippen MR) is 79.4 cm³/mol. The Hall–Kier alpha value is -0.980. The van der Waals surface area contributed by atoms with Crippen LogP contribution in [0.15, 0.2) is 24.3 Å². The van der Waals surface area contributed by atoms with Gasteiger partial charge in [-0.3, -0.25) is 4.79 Å². The van der Waals surface area contributed by atoms with Gasteiger partial charge in [-0.1, -0.05) is 29.8 Å². The highest BCUT2D eigenvalue weighted by Crippen LogP contribution is 2.39. The molecule has 4 atom stereocenters. The van der Waals surface area contributed by atoms with Crippen LogP contribution in [-0.2, 0) is 30.3 Å². The van der Waals surface area contributed by atoms with Crippen molar-refractivity contribution in [2.75, 3.05) is 0 Å². The molecule has 0 amide bonds. The molecule has 2 saturated heterocycles. The number of Topliss-reactive ketones (excluding diaryl/α,β-unsaturated/α-hetero) is 1. The predicted octanol–water partition coefficient (Wildman–Crippen LogP) is 2.69. The van der Waals surface area contributed by atoms with Gasteiger partial charge in [0.05, 0.1) is 6.61 Å². The van der Waals surface area contributed by atoms with Crippen LogP contribution >= 0.6 is 11.6 Å². The Bertz CT molecular complexity index is 573. The first-order chi connectivity index (χ1) is 10.4. The number of hydrogen-bond donors (Lipinski definition) is 0. The zero-order chi connectivity index (χ0) is 15.9. The number of rotatable bonds is 4. The minimum absolute atomic E-state index is 0.108. The molecular weight excluding hydrogens is 308 g/mol. The van der Waals surface area contributed by atoms with Crippen LogP contribution < -0.4 is 0 Å². The number of hydrogen-bond acceptors (Lipinski definition) is 5. The molecule has 2 fully saturated rings. The van der Waals surface area contributed by atoms with Gasteiger partial charge in [0.2, 0.25) is 0 Å². The van der Waals surface area contributed by atoms with E-state index in [1.807, 2.05) is 32.0 Å². The average molecular weight is 327 g/mol. The fourth-order valence-electron chi connectivity index (χ4n) is 2.79. The maximum atomic E-state index is 11.8. The van der Waals surface area contributed by atoms with Crippen LogP contribution in [-0.4, -0.2) is 36.2 Å². The Labute approximate surface area is 134 Å². The average Bonchev–Trinajstić information content (AvgIpc) is 2.90. The third-order valence-electron chi connectivity index (χ3n) is 3.78. The topological polar surface area (TPSA) is 54.0 Å². The van der Waals surface area contributed by atoms with Crippen molar-refractivity contribution in [2.24, 2.45) is 0 Å². The van der Waals surface area contributed by atoms with Crippen LogP contribution in [0.1, 0.15) is 26.3 Å². The molecule has 2 heterocycles. The molecule has 2 aliphatic rings. The van der Waals surface area contributed by atoms with Crippen molar-refractivity contribution in [3.05, 3.63) is 34.9 Å². The van der Waals surface area contributed by atoms with E-state index in [4.69, 9.17) is 30.5 Å². The fourth-order valence-corrected chi connectivity index (χ4v) is 2.98. The van der Waals surface area contributed by atoms with Gasteiger partial charge in [-0.25, -0.2) is 0 Å². The molecule has 0 aromatic heterocycles. The molecule has 0 spiro atoms. The zero-order valence-corrected chi connectivity index (χ0v) is 13.5. The summed E-state index contributed by atoms with van der Waals surface area (Å²) >= 11 is 6.13. The number of carbonyl (C=O) groups is 1. The van der Waals surface area contributed by atoms with Crippen LogP contribution in [0.3, 0.4) is 0 Å². The molecule has 0 unspecified atom stereocenters. The summed E-state index contributed by atoms with van der Waals surface area (Å²) in [7, 11) is 0.